The second kappa shape index (κ2) is 8.27. The lowest BCUT2D eigenvalue weighted by molar-refractivity contribution is 0.199. The molecular formula is C11H21N3O2. The van der Waals surface area contributed by atoms with Crippen LogP contribution in [0.5, 0.6) is 0 Å². The van der Waals surface area contributed by atoms with Crippen LogP contribution in [0.2, 0.25) is 0 Å². The molecule has 0 spiro atoms. The molecule has 0 aliphatic heterocycles. The van der Waals surface area contributed by atoms with Crippen LogP contribution in [0.4, 0.5) is 0 Å². The number of methoxy groups -OCH3 is 1. The van der Waals surface area contributed by atoms with E-state index in [0.29, 0.717) is 0 Å². The van der Waals surface area contributed by atoms with Gasteiger partial charge in [-0.15, -0.1) is 0 Å². The average molecular weight is 227 g/mol. The highest BCUT2D eigenvalue weighted by atomic mass is 16.5. The zero-order chi connectivity index (χ0) is 11.6. The van der Waals surface area contributed by atoms with Gasteiger partial charge in [0, 0.05) is 13.7 Å². The Morgan fingerprint density at radius 1 is 1.31 bits per heavy atom. The van der Waals surface area contributed by atoms with Gasteiger partial charge in [-0.2, -0.15) is 0 Å². The van der Waals surface area contributed by atoms with E-state index >= 15 is 0 Å². The van der Waals surface area contributed by atoms with Crippen molar-refractivity contribution in [3.05, 3.63) is 17.8 Å². The van der Waals surface area contributed by atoms with Gasteiger partial charge >= 0.3 is 0 Å². The van der Waals surface area contributed by atoms with E-state index in [1.807, 2.05) is 6.92 Å². The molecule has 0 unspecified atom stereocenters. The third-order valence-corrected chi connectivity index (χ3v) is 2.32. The molecule has 0 amide bonds. The highest BCUT2D eigenvalue weighted by Crippen LogP contribution is 2.03. The molecule has 2 N–H and O–H groups in total. The molecule has 1 aromatic rings. The second-order valence-corrected chi connectivity index (χ2v) is 3.63. The molecule has 0 saturated carbocycles. The van der Waals surface area contributed by atoms with Gasteiger partial charge in [0.25, 0.3) is 0 Å². The normalized spacial score (nSPS) is 10.9. The molecule has 0 aliphatic carbocycles. The highest BCUT2D eigenvalue weighted by Gasteiger charge is 2.01. The van der Waals surface area contributed by atoms with Gasteiger partial charge in [0.05, 0.1) is 18.8 Å². The molecule has 16 heavy (non-hydrogen) atoms. The van der Waals surface area contributed by atoms with Gasteiger partial charge in [0.2, 0.25) is 0 Å². The summed E-state index contributed by atoms with van der Waals surface area (Å²) in [4.78, 5) is 4.03. The summed E-state index contributed by atoms with van der Waals surface area (Å²) >= 11 is 0. The summed E-state index contributed by atoms with van der Waals surface area (Å²) in [6.07, 6.45) is 2.58. The maximum absolute atomic E-state index is 5.22. The lowest BCUT2D eigenvalue weighted by Gasteiger charge is -2.05. The number of oxazole rings is 1. The lowest BCUT2D eigenvalue weighted by Crippen LogP contribution is -2.24. The lowest BCUT2D eigenvalue weighted by atomic mass is 10.3. The van der Waals surface area contributed by atoms with Crippen molar-refractivity contribution in [1.29, 1.82) is 0 Å². The fourth-order valence-corrected chi connectivity index (χ4v) is 1.34. The summed E-state index contributed by atoms with van der Waals surface area (Å²) in [6.45, 7) is 6.37. The molecule has 92 valence electrons. The van der Waals surface area contributed by atoms with Crippen molar-refractivity contribution in [3.63, 3.8) is 0 Å². The summed E-state index contributed by atoms with van der Waals surface area (Å²) in [5.41, 5.74) is 0.964. The quantitative estimate of drug-likeness (QED) is 0.608. The number of nitrogens with zero attached hydrogens (tertiary/aromatic N) is 1. The van der Waals surface area contributed by atoms with Crippen molar-refractivity contribution < 1.29 is 9.15 Å². The number of hydrogen-bond acceptors (Lipinski definition) is 5. The van der Waals surface area contributed by atoms with E-state index < -0.39 is 0 Å². The summed E-state index contributed by atoms with van der Waals surface area (Å²) in [5, 5.41) is 6.61. The monoisotopic (exact) mass is 227 g/mol. The summed E-state index contributed by atoms with van der Waals surface area (Å²) in [7, 11) is 1.71. The van der Waals surface area contributed by atoms with E-state index in [-0.39, 0.29) is 0 Å². The van der Waals surface area contributed by atoms with E-state index in [9.17, 15) is 0 Å². The van der Waals surface area contributed by atoms with Crippen molar-refractivity contribution in [1.82, 2.24) is 15.6 Å². The van der Waals surface area contributed by atoms with Crippen LogP contribution in [0.3, 0.4) is 0 Å². The zero-order valence-electron chi connectivity index (χ0n) is 10.1. The third kappa shape index (κ3) is 5.25. The Morgan fingerprint density at radius 2 is 2.12 bits per heavy atom. The molecule has 0 atom stereocenters. The smallest absolute Gasteiger partial charge is 0.181 e. The number of aryl methyl sites for hydroxylation is 1. The molecular weight excluding hydrogens is 206 g/mol. The third-order valence-electron chi connectivity index (χ3n) is 2.32. The van der Waals surface area contributed by atoms with Crippen LogP contribution in [0.1, 0.15) is 17.9 Å². The van der Waals surface area contributed by atoms with E-state index in [1.165, 1.54) is 6.39 Å². The minimum Gasteiger partial charge on any atom is -0.447 e. The molecule has 0 aliphatic rings. The fraction of sp³-hybridized carbons (Fsp3) is 0.727. The van der Waals surface area contributed by atoms with Gasteiger partial charge in [-0.05, 0) is 26.4 Å². The minimum absolute atomic E-state index is 0.754. The standard InChI is InChI=1S/C11H21N3O2/c1-10-11(16-9-14-10)8-13-5-3-4-12-6-7-15-2/h9,12-13H,3-8H2,1-2H3. The molecule has 5 heteroatoms. The Labute approximate surface area is 96.6 Å². The molecule has 1 heterocycles. The van der Waals surface area contributed by atoms with Crippen LogP contribution in [-0.4, -0.2) is 38.3 Å². The molecule has 0 fully saturated rings. The first kappa shape index (κ1) is 13.2. The minimum atomic E-state index is 0.754. The maximum atomic E-state index is 5.22. The van der Waals surface area contributed by atoms with Crippen LogP contribution in [0.25, 0.3) is 0 Å². The van der Waals surface area contributed by atoms with Crippen molar-refractivity contribution in [2.24, 2.45) is 0 Å². The van der Waals surface area contributed by atoms with Crippen LogP contribution in [0, 0.1) is 6.92 Å². The van der Waals surface area contributed by atoms with Crippen LogP contribution >= 0.6 is 0 Å². The predicted molar refractivity (Wildman–Crippen MR) is 62.3 cm³/mol. The van der Waals surface area contributed by atoms with Crippen LogP contribution in [0.15, 0.2) is 10.8 Å². The number of aromatic nitrogens is 1. The zero-order valence-corrected chi connectivity index (χ0v) is 10.1. The average Bonchev–Trinajstić information content (AvgIpc) is 2.68. The number of rotatable bonds is 9. The molecule has 5 nitrogen and oxygen atoms in total. The molecule has 1 aromatic heterocycles. The van der Waals surface area contributed by atoms with Gasteiger partial charge in [-0.25, -0.2) is 4.98 Å². The summed E-state index contributed by atoms with van der Waals surface area (Å²) < 4.78 is 10.2. The van der Waals surface area contributed by atoms with Crippen molar-refractivity contribution in [2.75, 3.05) is 33.4 Å². The largest absolute Gasteiger partial charge is 0.447 e. The van der Waals surface area contributed by atoms with Crippen molar-refractivity contribution in [3.8, 4) is 0 Å². The maximum Gasteiger partial charge on any atom is 0.181 e. The molecule has 1 rings (SSSR count). The molecule has 0 saturated heterocycles. The first-order valence-electron chi connectivity index (χ1n) is 5.64. The molecule has 0 bridgehead atoms. The number of ether oxygens (including phenoxy) is 1. The molecule has 0 radical (unpaired) electrons. The van der Waals surface area contributed by atoms with Gasteiger partial charge < -0.3 is 19.8 Å². The van der Waals surface area contributed by atoms with E-state index in [4.69, 9.17) is 9.15 Å². The number of hydrogen-bond donors (Lipinski definition) is 2. The summed E-state index contributed by atoms with van der Waals surface area (Å²) in [5.74, 6) is 0.923. The Bertz CT molecular complexity index is 276. The van der Waals surface area contributed by atoms with E-state index in [2.05, 4.69) is 15.6 Å². The van der Waals surface area contributed by atoms with Crippen molar-refractivity contribution >= 4 is 0 Å². The van der Waals surface area contributed by atoms with Crippen molar-refractivity contribution in [2.45, 2.75) is 19.9 Å². The summed E-state index contributed by atoms with van der Waals surface area (Å²) in [6, 6.07) is 0. The van der Waals surface area contributed by atoms with Crippen LogP contribution in [-0.2, 0) is 11.3 Å². The topological polar surface area (TPSA) is 59.3 Å². The van der Waals surface area contributed by atoms with Gasteiger partial charge in [0.1, 0.15) is 5.76 Å². The highest BCUT2D eigenvalue weighted by molar-refractivity contribution is 5.03. The van der Waals surface area contributed by atoms with E-state index in [0.717, 1.165) is 50.7 Å². The second-order valence-electron chi connectivity index (χ2n) is 3.63. The Hall–Kier alpha value is -0.910. The van der Waals surface area contributed by atoms with Crippen LogP contribution < -0.4 is 10.6 Å². The number of nitrogens with one attached hydrogen (secondary N) is 2. The van der Waals surface area contributed by atoms with Gasteiger partial charge in [0.15, 0.2) is 6.39 Å². The first-order chi connectivity index (χ1) is 7.84. The Morgan fingerprint density at radius 3 is 2.81 bits per heavy atom. The molecule has 0 aromatic carbocycles. The van der Waals surface area contributed by atoms with Gasteiger partial charge in [-0.3, -0.25) is 0 Å². The predicted octanol–water partition coefficient (Wildman–Crippen LogP) is 0.699. The fourth-order valence-electron chi connectivity index (χ4n) is 1.34. The van der Waals surface area contributed by atoms with E-state index in [1.54, 1.807) is 7.11 Å². The van der Waals surface area contributed by atoms with Gasteiger partial charge in [-0.1, -0.05) is 0 Å². The SMILES string of the molecule is COCCNCCCNCc1ocnc1C. The Balaban J connectivity index is 1.91. The Kier molecular flexibility index (Phi) is 6.80. The first-order valence-corrected chi connectivity index (χ1v) is 5.64.